The van der Waals surface area contributed by atoms with Crippen LogP contribution in [0.3, 0.4) is 0 Å². The van der Waals surface area contributed by atoms with E-state index in [-0.39, 0.29) is 6.29 Å². The first-order chi connectivity index (χ1) is 8.48. The van der Waals surface area contributed by atoms with Crippen LogP contribution in [0.1, 0.15) is 52.9 Å². The molecule has 0 aromatic rings. The standard InChI is InChI=1S/C15H26O3/c1-11(2)13-8-12(3)9-15(16,10-13)5-4-14-17-6-7-18-14/h6-7,11-14,16H,4-5,8-10H2,1-3H3. The predicted molar refractivity (Wildman–Crippen MR) is 70.6 cm³/mol. The highest BCUT2D eigenvalue weighted by Crippen LogP contribution is 2.42. The van der Waals surface area contributed by atoms with Crippen molar-refractivity contribution in [3.8, 4) is 0 Å². The van der Waals surface area contributed by atoms with E-state index in [9.17, 15) is 5.11 Å². The number of hydrogen-bond donors (Lipinski definition) is 1. The van der Waals surface area contributed by atoms with Gasteiger partial charge in [-0.2, -0.15) is 0 Å². The van der Waals surface area contributed by atoms with E-state index >= 15 is 0 Å². The molecule has 3 heteroatoms. The maximum Gasteiger partial charge on any atom is 0.239 e. The third kappa shape index (κ3) is 3.41. The highest BCUT2D eigenvalue weighted by Gasteiger charge is 2.39. The molecule has 2 rings (SSSR count). The van der Waals surface area contributed by atoms with Crippen LogP contribution in [0, 0.1) is 17.8 Å². The van der Waals surface area contributed by atoms with Crippen LogP contribution in [0.5, 0.6) is 0 Å². The highest BCUT2D eigenvalue weighted by atomic mass is 16.7. The monoisotopic (exact) mass is 254 g/mol. The third-order valence-corrected chi connectivity index (χ3v) is 4.38. The average molecular weight is 254 g/mol. The lowest BCUT2D eigenvalue weighted by Gasteiger charge is -2.42. The third-order valence-electron chi connectivity index (χ3n) is 4.38. The SMILES string of the molecule is CC1CC(C(C)C)CC(O)(CCC2OC=CO2)C1. The minimum absolute atomic E-state index is 0.191. The Balaban J connectivity index is 1.87. The molecule has 1 fully saturated rings. The van der Waals surface area contributed by atoms with E-state index in [2.05, 4.69) is 20.8 Å². The summed E-state index contributed by atoms with van der Waals surface area (Å²) in [4.78, 5) is 0. The molecule has 1 aliphatic heterocycles. The second-order valence-corrected chi connectivity index (χ2v) is 6.49. The summed E-state index contributed by atoms with van der Waals surface area (Å²) < 4.78 is 10.6. The van der Waals surface area contributed by atoms with Crippen molar-refractivity contribution >= 4 is 0 Å². The molecule has 3 unspecified atom stereocenters. The van der Waals surface area contributed by atoms with Crippen molar-refractivity contribution in [1.82, 2.24) is 0 Å². The van der Waals surface area contributed by atoms with E-state index in [1.807, 2.05) is 0 Å². The van der Waals surface area contributed by atoms with Crippen LogP contribution in [0.15, 0.2) is 12.5 Å². The lowest BCUT2D eigenvalue weighted by Crippen LogP contribution is -2.40. The lowest BCUT2D eigenvalue weighted by molar-refractivity contribution is -0.0820. The zero-order valence-electron chi connectivity index (χ0n) is 11.8. The van der Waals surface area contributed by atoms with Crippen molar-refractivity contribution < 1.29 is 14.6 Å². The van der Waals surface area contributed by atoms with Crippen LogP contribution in [0.4, 0.5) is 0 Å². The van der Waals surface area contributed by atoms with Gasteiger partial charge in [0.2, 0.25) is 6.29 Å². The molecule has 0 saturated heterocycles. The molecule has 18 heavy (non-hydrogen) atoms. The summed E-state index contributed by atoms with van der Waals surface area (Å²) in [6, 6.07) is 0. The van der Waals surface area contributed by atoms with Crippen LogP contribution in [0.25, 0.3) is 0 Å². The van der Waals surface area contributed by atoms with Gasteiger partial charge in [0.05, 0.1) is 5.60 Å². The Bertz CT molecular complexity index is 292. The molecule has 1 saturated carbocycles. The number of aliphatic hydroxyl groups is 1. The smallest absolute Gasteiger partial charge is 0.239 e. The molecule has 1 heterocycles. The second-order valence-electron chi connectivity index (χ2n) is 6.49. The Morgan fingerprint density at radius 2 is 1.94 bits per heavy atom. The summed E-state index contributed by atoms with van der Waals surface area (Å²) in [6.07, 6.45) is 7.59. The average Bonchev–Trinajstić information content (AvgIpc) is 2.78. The van der Waals surface area contributed by atoms with Crippen molar-refractivity contribution in [2.45, 2.75) is 64.8 Å². The van der Waals surface area contributed by atoms with Crippen molar-refractivity contribution in [2.24, 2.45) is 17.8 Å². The van der Waals surface area contributed by atoms with Gasteiger partial charge in [0.1, 0.15) is 12.5 Å². The maximum atomic E-state index is 10.8. The van der Waals surface area contributed by atoms with E-state index in [1.165, 1.54) is 6.42 Å². The maximum absolute atomic E-state index is 10.8. The van der Waals surface area contributed by atoms with Gasteiger partial charge >= 0.3 is 0 Å². The van der Waals surface area contributed by atoms with Gasteiger partial charge in [-0.15, -0.1) is 0 Å². The highest BCUT2D eigenvalue weighted by molar-refractivity contribution is 4.90. The largest absolute Gasteiger partial charge is 0.459 e. The first-order valence-corrected chi connectivity index (χ1v) is 7.17. The van der Waals surface area contributed by atoms with Crippen molar-refractivity contribution in [3.63, 3.8) is 0 Å². The van der Waals surface area contributed by atoms with Crippen molar-refractivity contribution in [2.75, 3.05) is 0 Å². The minimum Gasteiger partial charge on any atom is -0.459 e. The van der Waals surface area contributed by atoms with E-state index < -0.39 is 5.60 Å². The van der Waals surface area contributed by atoms with Crippen LogP contribution in [-0.4, -0.2) is 17.0 Å². The van der Waals surface area contributed by atoms with Crippen LogP contribution in [-0.2, 0) is 9.47 Å². The summed E-state index contributed by atoms with van der Waals surface area (Å²) in [5.41, 5.74) is -0.526. The number of rotatable bonds is 4. The second kappa shape index (κ2) is 5.52. The van der Waals surface area contributed by atoms with E-state index in [4.69, 9.17) is 9.47 Å². The van der Waals surface area contributed by atoms with Gasteiger partial charge in [0.15, 0.2) is 0 Å². The minimum atomic E-state index is -0.526. The molecule has 0 radical (unpaired) electrons. The zero-order chi connectivity index (χ0) is 13.2. The fourth-order valence-electron chi connectivity index (χ4n) is 3.41. The molecule has 1 aliphatic carbocycles. The number of hydrogen-bond acceptors (Lipinski definition) is 3. The Labute approximate surface area is 110 Å². The van der Waals surface area contributed by atoms with Crippen molar-refractivity contribution in [3.05, 3.63) is 12.5 Å². The summed E-state index contributed by atoms with van der Waals surface area (Å²) in [5.74, 6) is 1.90. The molecule has 3 atom stereocenters. The fraction of sp³-hybridized carbons (Fsp3) is 0.867. The van der Waals surface area contributed by atoms with E-state index in [0.717, 1.165) is 25.7 Å². The molecule has 0 aromatic carbocycles. The van der Waals surface area contributed by atoms with Gasteiger partial charge in [-0.1, -0.05) is 20.8 Å². The lowest BCUT2D eigenvalue weighted by atomic mass is 9.68. The summed E-state index contributed by atoms with van der Waals surface area (Å²) in [6.45, 7) is 6.77. The van der Waals surface area contributed by atoms with E-state index in [0.29, 0.717) is 17.8 Å². The molecular formula is C15H26O3. The van der Waals surface area contributed by atoms with Crippen LogP contribution >= 0.6 is 0 Å². The molecule has 104 valence electrons. The van der Waals surface area contributed by atoms with Crippen molar-refractivity contribution in [1.29, 1.82) is 0 Å². The van der Waals surface area contributed by atoms with E-state index in [1.54, 1.807) is 12.5 Å². The summed E-state index contributed by atoms with van der Waals surface area (Å²) >= 11 is 0. The Morgan fingerprint density at radius 3 is 2.56 bits per heavy atom. The molecule has 3 nitrogen and oxygen atoms in total. The van der Waals surface area contributed by atoms with Gasteiger partial charge in [0, 0.05) is 6.42 Å². The Kier molecular flexibility index (Phi) is 4.21. The Morgan fingerprint density at radius 1 is 1.28 bits per heavy atom. The molecule has 0 aromatic heterocycles. The first kappa shape index (κ1) is 13.7. The number of ether oxygens (including phenoxy) is 2. The van der Waals surface area contributed by atoms with Gasteiger partial charge in [-0.05, 0) is 43.4 Å². The molecule has 0 spiro atoms. The van der Waals surface area contributed by atoms with Crippen LogP contribution < -0.4 is 0 Å². The molecule has 0 amide bonds. The molecule has 1 N–H and O–H groups in total. The normalized spacial score (nSPS) is 36.7. The quantitative estimate of drug-likeness (QED) is 0.835. The zero-order valence-corrected chi connectivity index (χ0v) is 11.8. The Hall–Kier alpha value is -0.700. The van der Waals surface area contributed by atoms with Crippen LogP contribution in [0.2, 0.25) is 0 Å². The molecule has 0 bridgehead atoms. The predicted octanol–water partition coefficient (Wildman–Crippen LogP) is 3.43. The summed E-state index contributed by atoms with van der Waals surface area (Å²) in [7, 11) is 0. The fourth-order valence-corrected chi connectivity index (χ4v) is 3.41. The first-order valence-electron chi connectivity index (χ1n) is 7.17. The van der Waals surface area contributed by atoms with Gasteiger partial charge in [-0.25, -0.2) is 0 Å². The van der Waals surface area contributed by atoms with Gasteiger partial charge < -0.3 is 14.6 Å². The molecular weight excluding hydrogens is 228 g/mol. The molecule has 2 aliphatic rings. The topological polar surface area (TPSA) is 38.7 Å². The van der Waals surface area contributed by atoms with Gasteiger partial charge in [0.25, 0.3) is 0 Å². The summed E-state index contributed by atoms with van der Waals surface area (Å²) in [5, 5.41) is 10.8. The van der Waals surface area contributed by atoms with Gasteiger partial charge in [-0.3, -0.25) is 0 Å².